The number of hydrogen-bond acceptors (Lipinski definition) is 9. The maximum atomic E-state index is 15.0. The number of fused-ring (bicyclic) bond motifs is 4. The molecule has 10 nitrogen and oxygen atoms in total. The van der Waals surface area contributed by atoms with Crippen molar-refractivity contribution in [2.24, 2.45) is 0 Å². The zero-order valence-corrected chi connectivity index (χ0v) is 25.6. The van der Waals surface area contributed by atoms with Gasteiger partial charge in [0.2, 0.25) is 5.88 Å². The molecule has 1 aliphatic heterocycles. The smallest absolute Gasteiger partial charge is 0.342 e. The van der Waals surface area contributed by atoms with Gasteiger partial charge in [-0.3, -0.25) is 23.7 Å². The van der Waals surface area contributed by atoms with E-state index in [1.165, 1.54) is 29.8 Å². The summed E-state index contributed by atoms with van der Waals surface area (Å²) < 4.78 is 13.6. The van der Waals surface area contributed by atoms with Crippen LogP contribution in [-0.4, -0.2) is 45.2 Å². The Morgan fingerprint density at radius 3 is 2.38 bits per heavy atom. The fourth-order valence-corrected chi connectivity index (χ4v) is 8.24. The number of carbonyl (C=O) groups is 3. The maximum absolute atomic E-state index is 15.0. The first-order chi connectivity index (χ1) is 21.4. The molecule has 11 heteroatoms. The van der Waals surface area contributed by atoms with Crippen molar-refractivity contribution in [1.29, 1.82) is 0 Å². The zero-order valence-electron chi connectivity index (χ0n) is 24.0. The van der Waals surface area contributed by atoms with Crippen LogP contribution in [0.15, 0.2) is 56.7 Å². The molecule has 3 atom stereocenters. The van der Waals surface area contributed by atoms with Crippen LogP contribution in [0.5, 0.6) is 11.6 Å². The Hall–Kier alpha value is -5.03. The molecule has 0 unspecified atom stereocenters. The Morgan fingerprint density at radius 1 is 0.978 bits per heavy atom. The Balaban J connectivity index is 1.63. The molecule has 3 aliphatic rings. The average Bonchev–Trinajstić information content (AvgIpc) is 3.18. The number of Topliss-reactive ketones (excluding diaryl/α,β-unsaturated/α-hetero) is 1. The van der Waals surface area contributed by atoms with Crippen molar-refractivity contribution < 1.29 is 34.1 Å². The van der Waals surface area contributed by atoms with Crippen LogP contribution in [0.3, 0.4) is 0 Å². The van der Waals surface area contributed by atoms with Crippen LogP contribution >= 0.6 is 15.9 Å². The summed E-state index contributed by atoms with van der Waals surface area (Å²) in [7, 11) is 0. The molecule has 1 spiro atoms. The molecule has 0 saturated carbocycles. The minimum Gasteiger partial charge on any atom is -0.507 e. The predicted molar refractivity (Wildman–Crippen MR) is 165 cm³/mol. The van der Waals surface area contributed by atoms with E-state index in [0.717, 1.165) is 4.47 Å². The summed E-state index contributed by atoms with van der Waals surface area (Å²) in [5, 5.41) is 23.1. The fourth-order valence-electron chi connectivity index (χ4n) is 7.97. The van der Waals surface area contributed by atoms with Gasteiger partial charge in [0.25, 0.3) is 0 Å². The maximum Gasteiger partial charge on any atom is 0.342 e. The highest BCUT2D eigenvalue weighted by atomic mass is 79.9. The second-order valence-corrected chi connectivity index (χ2v) is 12.8. The third-order valence-corrected chi connectivity index (χ3v) is 10.1. The molecule has 224 valence electrons. The number of phenolic OH excluding ortho intramolecular Hbond substituents is 1. The normalized spacial score (nSPS) is 21.2. The van der Waals surface area contributed by atoms with Gasteiger partial charge in [-0.25, -0.2) is 4.79 Å². The summed E-state index contributed by atoms with van der Waals surface area (Å²) in [6.45, 7) is 4.05. The first kappa shape index (κ1) is 27.5. The van der Waals surface area contributed by atoms with Crippen LogP contribution in [0.2, 0.25) is 0 Å². The second-order valence-electron chi connectivity index (χ2n) is 11.9. The lowest BCUT2D eigenvalue weighted by Gasteiger charge is -2.44. The van der Waals surface area contributed by atoms with Gasteiger partial charge < -0.3 is 19.7 Å². The number of aryl methyl sites for hydroxylation is 2. The zero-order chi connectivity index (χ0) is 31.9. The quantitative estimate of drug-likeness (QED) is 0.261. The van der Waals surface area contributed by atoms with E-state index in [0.29, 0.717) is 22.2 Å². The number of benzene rings is 4. The SMILES string of the molecule is CC(=O)O[C@H]1[C@@H]2C(=O)c3c(C)cc(O)c4c3[C@@]1(COC4=O)c1c2c2c(C)cc(=O)c3c(O)n(-c4ccc(Br)cc4)cc(c1=O)c23. The Labute approximate surface area is 261 Å². The molecular weight excluding hydrogens is 646 g/mol. The second kappa shape index (κ2) is 8.79. The Morgan fingerprint density at radius 2 is 1.69 bits per heavy atom. The van der Waals surface area contributed by atoms with Gasteiger partial charge in [-0.1, -0.05) is 15.9 Å². The molecule has 2 N–H and O–H groups in total. The number of rotatable bonds is 2. The number of aromatic nitrogens is 1. The highest BCUT2D eigenvalue weighted by molar-refractivity contribution is 9.10. The first-order valence-electron chi connectivity index (χ1n) is 14.1. The van der Waals surface area contributed by atoms with Crippen molar-refractivity contribution in [3.05, 3.63) is 106 Å². The number of ether oxygens (including phenoxy) is 2. The van der Waals surface area contributed by atoms with E-state index in [-0.39, 0.29) is 49.9 Å². The van der Waals surface area contributed by atoms with Gasteiger partial charge in [-0.05, 0) is 77.9 Å². The summed E-state index contributed by atoms with van der Waals surface area (Å²) in [5.74, 6) is -4.09. The van der Waals surface area contributed by atoms with E-state index >= 15 is 0 Å². The number of aromatic hydroxyl groups is 2. The van der Waals surface area contributed by atoms with Crippen molar-refractivity contribution in [3.63, 3.8) is 0 Å². The average molecular weight is 668 g/mol. The molecule has 4 aromatic carbocycles. The van der Waals surface area contributed by atoms with Crippen LogP contribution in [0, 0.1) is 13.8 Å². The van der Waals surface area contributed by atoms with E-state index in [9.17, 15) is 34.2 Å². The first-order valence-corrected chi connectivity index (χ1v) is 14.9. The van der Waals surface area contributed by atoms with E-state index in [1.54, 1.807) is 38.1 Å². The van der Waals surface area contributed by atoms with Gasteiger partial charge >= 0.3 is 11.9 Å². The third-order valence-electron chi connectivity index (χ3n) is 9.54. The van der Waals surface area contributed by atoms with Crippen LogP contribution in [0.1, 0.15) is 61.4 Å². The lowest BCUT2D eigenvalue weighted by atomic mass is 9.63. The fraction of sp³-hybridized carbons (Fsp3) is 0.206. The lowest BCUT2D eigenvalue weighted by molar-refractivity contribution is -0.150. The van der Waals surface area contributed by atoms with Crippen molar-refractivity contribution >= 4 is 55.2 Å². The number of phenols is 1. The summed E-state index contributed by atoms with van der Waals surface area (Å²) in [5.41, 5.74) is -1.09. The van der Waals surface area contributed by atoms with Gasteiger partial charge in [0.1, 0.15) is 24.0 Å². The highest BCUT2D eigenvalue weighted by Gasteiger charge is 2.67. The molecule has 0 amide bonds. The molecule has 2 bridgehead atoms. The van der Waals surface area contributed by atoms with E-state index in [4.69, 9.17) is 9.47 Å². The van der Waals surface area contributed by atoms with Gasteiger partial charge in [0.15, 0.2) is 16.6 Å². The number of nitrogens with zero attached hydrogens (tertiary/aromatic N) is 1. The monoisotopic (exact) mass is 667 g/mol. The van der Waals surface area contributed by atoms with E-state index in [1.807, 2.05) is 0 Å². The van der Waals surface area contributed by atoms with Crippen molar-refractivity contribution in [2.45, 2.75) is 38.2 Å². The Kier molecular flexibility index (Phi) is 5.37. The number of halogens is 1. The van der Waals surface area contributed by atoms with Crippen LogP contribution in [-0.2, 0) is 19.7 Å². The van der Waals surface area contributed by atoms with Gasteiger partial charge in [-0.15, -0.1) is 0 Å². The highest BCUT2D eigenvalue weighted by Crippen LogP contribution is 2.61. The third kappa shape index (κ3) is 3.20. The van der Waals surface area contributed by atoms with Crippen LogP contribution in [0.25, 0.3) is 27.2 Å². The summed E-state index contributed by atoms with van der Waals surface area (Å²) >= 11 is 3.39. The molecule has 0 fully saturated rings. The topological polar surface area (TPSA) is 149 Å². The number of cyclic esters (lactones) is 1. The molecule has 8 rings (SSSR count). The summed E-state index contributed by atoms with van der Waals surface area (Å²) in [6, 6.07) is 9.54. The molecule has 2 heterocycles. The van der Waals surface area contributed by atoms with Crippen LogP contribution < -0.4 is 10.9 Å². The van der Waals surface area contributed by atoms with Crippen molar-refractivity contribution in [3.8, 4) is 17.3 Å². The van der Waals surface area contributed by atoms with Gasteiger partial charge in [0, 0.05) is 45.2 Å². The molecular formula is C34H22BrNO9. The largest absolute Gasteiger partial charge is 0.507 e. The minimum atomic E-state index is -1.63. The summed E-state index contributed by atoms with van der Waals surface area (Å²) in [4.78, 5) is 68.8. The van der Waals surface area contributed by atoms with Gasteiger partial charge in [-0.2, -0.15) is 0 Å². The number of esters is 2. The Bertz CT molecular complexity index is 2380. The van der Waals surface area contributed by atoms with Crippen molar-refractivity contribution in [2.75, 3.05) is 6.61 Å². The van der Waals surface area contributed by atoms with Crippen LogP contribution in [0.4, 0.5) is 0 Å². The van der Waals surface area contributed by atoms with E-state index < -0.39 is 58.4 Å². The molecule has 0 saturated heterocycles. The minimum absolute atomic E-state index is 0.0769. The molecule has 45 heavy (non-hydrogen) atoms. The molecule has 1 aromatic heterocycles. The van der Waals surface area contributed by atoms with Gasteiger partial charge in [0.05, 0.1) is 16.7 Å². The molecule has 2 aliphatic carbocycles. The predicted octanol–water partition coefficient (Wildman–Crippen LogP) is 4.41. The lowest BCUT2D eigenvalue weighted by Crippen LogP contribution is -2.55. The summed E-state index contributed by atoms with van der Waals surface area (Å²) in [6.07, 6.45) is 0.154. The number of ketones is 1. The number of hydrogen-bond donors (Lipinski definition) is 2. The molecule has 0 radical (unpaired) electrons. The number of carbonyl (C=O) groups excluding carboxylic acids is 3. The standard InChI is InChI=1S/C34H22BrNO9/c1-12-8-18(38)23-22-17(10-36(32(23)42)16-6-4-15(35)5-7-16)29(40)28-25(20(12)22)26-30(41)21-13(2)9-19(39)24-27(21)34(28,11-44-33(24)43)31(26)45-14(3)37/h4-10,26,31,39,42H,11H2,1-3H3/t26-,31-,34-/m0/s1. The number of pyridine rings is 1. The molecule has 5 aromatic rings. The van der Waals surface area contributed by atoms with E-state index in [2.05, 4.69) is 15.9 Å². The van der Waals surface area contributed by atoms with Crippen molar-refractivity contribution in [1.82, 2.24) is 4.57 Å².